The van der Waals surface area contributed by atoms with Crippen LogP contribution in [0.5, 0.6) is 0 Å². The van der Waals surface area contributed by atoms with E-state index in [1.54, 1.807) is 24.3 Å². The molecule has 146 valence electrons. The molecule has 1 aliphatic heterocycles. The number of primary sulfonamides is 1. The third-order valence-electron chi connectivity index (χ3n) is 4.64. The van der Waals surface area contributed by atoms with Crippen LogP contribution in [0.15, 0.2) is 34.2 Å². The zero-order valence-corrected chi connectivity index (χ0v) is 16.9. The Hall–Kier alpha value is -1.60. The van der Waals surface area contributed by atoms with Crippen LogP contribution in [0.2, 0.25) is 0 Å². The van der Waals surface area contributed by atoms with Crippen LogP contribution >= 0.6 is 0 Å². The third-order valence-corrected chi connectivity index (χ3v) is 5.57. The van der Waals surface area contributed by atoms with E-state index in [1.807, 2.05) is 0 Å². The van der Waals surface area contributed by atoms with Crippen molar-refractivity contribution in [2.75, 3.05) is 26.2 Å². The monoisotopic (exact) mass is 380 g/mol. The fourth-order valence-electron chi connectivity index (χ4n) is 3.45. The summed E-state index contributed by atoms with van der Waals surface area (Å²) in [6, 6.07) is 6.71. The molecule has 0 saturated carbocycles. The van der Waals surface area contributed by atoms with Gasteiger partial charge in [-0.3, -0.25) is 4.99 Å². The van der Waals surface area contributed by atoms with Crippen LogP contribution in [0, 0.1) is 11.8 Å². The molecule has 0 aromatic heterocycles. The molecule has 1 saturated heterocycles. The van der Waals surface area contributed by atoms with E-state index >= 15 is 0 Å². The highest BCUT2D eigenvalue weighted by molar-refractivity contribution is 7.89. The van der Waals surface area contributed by atoms with Crippen LogP contribution in [0.3, 0.4) is 0 Å². The first-order valence-electron chi connectivity index (χ1n) is 9.44. The van der Waals surface area contributed by atoms with Crippen LogP contribution in [-0.2, 0) is 16.4 Å². The second kappa shape index (κ2) is 9.37. The predicted octanol–water partition coefficient (Wildman–Crippen LogP) is 2.21. The van der Waals surface area contributed by atoms with E-state index in [0.29, 0.717) is 6.54 Å². The largest absolute Gasteiger partial charge is 0.357 e. The number of hydrogen-bond acceptors (Lipinski definition) is 3. The maximum atomic E-state index is 11.3. The average Bonchev–Trinajstić information content (AvgIpc) is 3.01. The fraction of sp³-hybridized carbons (Fsp3) is 0.632. The van der Waals surface area contributed by atoms with Crippen molar-refractivity contribution in [3.8, 4) is 0 Å². The van der Waals surface area contributed by atoms with Gasteiger partial charge < -0.3 is 10.2 Å². The van der Waals surface area contributed by atoms with Gasteiger partial charge in [-0.2, -0.15) is 0 Å². The van der Waals surface area contributed by atoms with Crippen LogP contribution < -0.4 is 10.5 Å². The minimum Gasteiger partial charge on any atom is -0.357 e. The summed E-state index contributed by atoms with van der Waals surface area (Å²) in [6.45, 7) is 10.3. The van der Waals surface area contributed by atoms with E-state index < -0.39 is 10.0 Å². The molecule has 3 N–H and O–H groups in total. The number of guanidine groups is 1. The minimum absolute atomic E-state index is 0.145. The average molecular weight is 381 g/mol. The molecular weight excluding hydrogens is 348 g/mol. The van der Waals surface area contributed by atoms with Gasteiger partial charge in [-0.1, -0.05) is 26.0 Å². The standard InChI is InChI=1S/C19H32N4O2S/c1-4-21-19(23-12-10-17(14-23)13-15(2)3)22-11-9-16-5-7-18(8-6-16)26(20,24)25/h5-8,15,17H,4,9-14H2,1-3H3,(H,21,22)(H2,20,24,25). The van der Waals surface area contributed by atoms with Gasteiger partial charge in [0, 0.05) is 26.2 Å². The lowest BCUT2D eigenvalue weighted by atomic mass is 9.97. The van der Waals surface area contributed by atoms with Crippen molar-refractivity contribution >= 4 is 16.0 Å². The first kappa shape index (κ1) is 20.7. The van der Waals surface area contributed by atoms with Crippen molar-refractivity contribution < 1.29 is 8.42 Å². The molecule has 0 aliphatic carbocycles. The Bertz CT molecular complexity index is 699. The molecule has 1 fully saturated rings. The number of nitrogens with zero attached hydrogens (tertiary/aromatic N) is 2. The molecule has 1 aromatic rings. The van der Waals surface area contributed by atoms with Crippen LogP contribution in [0.4, 0.5) is 0 Å². The molecule has 1 aliphatic rings. The molecular formula is C19H32N4O2S. The fourth-order valence-corrected chi connectivity index (χ4v) is 3.96. The van der Waals surface area contributed by atoms with E-state index in [4.69, 9.17) is 10.1 Å². The summed E-state index contributed by atoms with van der Waals surface area (Å²) in [4.78, 5) is 7.27. The molecule has 2 rings (SSSR count). The van der Waals surface area contributed by atoms with Gasteiger partial charge in [0.2, 0.25) is 10.0 Å². The number of sulfonamides is 1. The quantitative estimate of drug-likeness (QED) is 0.561. The van der Waals surface area contributed by atoms with Crippen molar-refractivity contribution in [2.24, 2.45) is 22.0 Å². The summed E-state index contributed by atoms with van der Waals surface area (Å²) in [7, 11) is -3.63. The normalized spacial score (nSPS) is 18.6. The van der Waals surface area contributed by atoms with Crippen LogP contribution in [0.1, 0.15) is 39.2 Å². The van der Waals surface area contributed by atoms with Gasteiger partial charge in [-0.05, 0) is 55.7 Å². The lowest BCUT2D eigenvalue weighted by Crippen LogP contribution is -2.40. The zero-order valence-electron chi connectivity index (χ0n) is 16.1. The molecule has 0 spiro atoms. The van der Waals surface area contributed by atoms with E-state index in [9.17, 15) is 8.42 Å². The van der Waals surface area contributed by atoms with Crippen LogP contribution in [-0.4, -0.2) is 45.5 Å². The number of rotatable bonds is 7. The SMILES string of the molecule is CCNC(=NCCc1ccc(S(N)(=O)=O)cc1)N1CCC(CC(C)C)C1. The maximum absolute atomic E-state index is 11.3. The number of aliphatic imine (C=N–C) groups is 1. The second-order valence-electron chi connectivity index (χ2n) is 7.40. The topological polar surface area (TPSA) is 87.8 Å². The maximum Gasteiger partial charge on any atom is 0.238 e. The van der Waals surface area contributed by atoms with E-state index in [1.165, 1.54) is 12.8 Å². The molecule has 7 heteroatoms. The Labute approximate surface area is 157 Å². The Morgan fingerprint density at radius 3 is 2.62 bits per heavy atom. The molecule has 1 aromatic carbocycles. The van der Waals surface area contributed by atoms with Gasteiger partial charge in [-0.25, -0.2) is 13.6 Å². The number of hydrogen-bond donors (Lipinski definition) is 2. The number of likely N-dealkylation sites (tertiary alicyclic amines) is 1. The van der Waals surface area contributed by atoms with Crippen molar-refractivity contribution in [3.05, 3.63) is 29.8 Å². The predicted molar refractivity (Wildman–Crippen MR) is 107 cm³/mol. The first-order valence-corrected chi connectivity index (χ1v) is 11.0. The van der Waals surface area contributed by atoms with Crippen molar-refractivity contribution in [1.29, 1.82) is 0 Å². The Kier molecular flexibility index (Phi) is 7.46. The minimum atomic E-state index is -3.63. The first-order chi connectivity index (χ1) is 12.3. The number of benzene rings is 1. The molecule has 26 heavy (non-hydrogen) atoms. The van der Waals surface area contributed by atoms with Crippen LogP contribution in [0.25, 0.3) is 0 Å². The Morgan fingerprint density at radius 1 is 1.35 bits per heavy atom. The zero-order chi connectivity index (χ0) is 19.2. The Morgan fingerprint density at radius 2 is 2.04 bits per heavy atom. The highest BCUT2D eigenvalue weighted by Gasteiger charge is 2.25. The summed E-state index contributed by atoms with van der Waals surface area (Å²) < 4.78 is 22.6. The summed E-state index contributed by atoms with van der Waals surface area (Å²) in [5, 5.41) is 8.52. The van der Waals surface area contributed by atoms with Gasteiger partial charge in [-0.15, -0.1) is 0 Å². The number of nitrogens with two attached hydrogens (primary N) is 1. The summed E-state index contributed by atoms with van der Waals surface area (Å²) in [5.41, 5.74) is 1.05. The van der Waals surface area contributed by atoms with E-state index in [0.717, 1.165) is 49.4 Å². The molecule has 0 radical (unpaired) electrons. The van der Waals surface area contributed by atoms with Gasteiger partial charge >= 0.3 is 0 Å². The Balaban J connectivity index is 1.93. The molecule has 1 unspecified atom stereocenters. The summed E-state index contributed by atoms with van der Waals surface area (Å²) in [5.74, 6) is 2.48. The molecule has 0 bridgehead atoms. The van der Waals surface area contributed by atoms with Gasteiger partial charge in [0.1, 0.15) is 0 Å². The van der Waals surface area contributed by atoms with Crippen molar-refractivity contribution in [3.63, 3.8) is 0 Å². The number of nitrogens with one attached hydrogen (secondary N) is 1. The third kappa shape index (κ3) is 6.29. The lowest BCUT2D eigenvalue weighted by molar-refractivity contribution is 0.403. The lowest BCUT2D eigenvalue weighted by Gasteiger charge is -2.22. The van der Waals surface area contributed by atoms with Gasteiger partial charge in [0.15, 0.2) is 5.96 Å². The molecule has 0 amide bonds. The highest BCUT2D eigenvalue weighted by atomic mass is 32.2. The second-order valence-corrected chi connectivity index (χ2v) is 8.97. The molecule has 6 nitrogen and oxygen atoms in total. The smallest absolute Gasteiger partial charge is 0.238 e. The molecule has 1 heterocycles. The van der Waals surface area contributed by atoms with Gasteiger partial charge in [0.25, 0.3) is 0 Å². The van der Waals surface area contributed by atoms with E-state index in [-0.39, 0.29) is 4.90 Å². The van der Waals surface area contributed by atoms with Crippen molar-refractivity contribution in [2.45, 2.75) is 44.9 Å². The highest BCUT2D eigenvalue weighted by Crippen LogP contribution is 2.23. The summed E-state index contributed by atoms with van der Waals surface area (Å²) >= 11 is 0. The van der Waals surface area contributed by atoms with Gasteiger partial charge in [0.05, 0.1) is 4.90 Å². The van der Waals surface area contributed by atoms with Crippen molar-refractivity contribution in [1.82, 2.24) is 10.2 Å². The summed E-state index contributed by atoms with van der Waals surface area (Å²) in [6.07, 6.45) is 3.27. The molecule has 1 atom stereocenters. The van der Waals surface area contributed by atoms with E-state index in [2.05, 4.69) is 31.0 Å².